The summed E-state index contributed by atoms with van der Waals surface area (Å²) in [4.78, 5) is 0. The Morgan fingerprint density at radius 3 is 2.46 bits per heavy atom. The first kappa shape index (κ1) is 17.3. The van der Waals surface area contributed by atoms with Gasteiger partial charge in [-0.05, 0) is 56.1 Å². The van der Waals surface area contributed by atoms with Crippen LogP contribution in [0.5, 0.6) is 5.75 Å². The summed E-state index contributed by atoms with van der Waals surface area (Å²) < 4.78 is 6.84. The third kappa shape index (κ3) is 2.94. The molecule has 0 spiro atoms. The SMILES string of the molecule is CCc1oc2cc(Cl)ccc2c1/C(=N/O)c1cc(Br)c(O)c(Br)c1. The van der Waals surface area contributed by atoms with Crippen molar-refractivity contribution in [3.63, 3.8) is 0 Å². The monoisotopic (exact) mass is 471 g/mol. The molecule has 0 atom stereocenters. The zero-order valence-corrected chi connectivity index (χ0v) is 16.4. The number of halogens is 3. The third-order valence-electron chi connectivity index (χ3n) is 3.67. The fourth-order valence-corrected chi connectivity index (χ4v) is 3.93. The van der Waals surface area contributed by atoms with E-state index in [1.54, 1.807) is 24.3 Å². The van der Waals surface area contributed by atoms with Crippen LogP contribution >= 0.6 is 43.5 Å². The second-order valence-electron chi connectivity index (χ2n) is 5.13. The lowest BCUT2D eigenvalue weighted by Crippen LogP contribution is -2.06. The maximum atomic E-state index is 9.89. The lowest BCUT2D eigenvalue weighted by molar-refractivity contribution is 0.319. The first-order valence-electron chi connectivity index (χ1n) is 7.08. The Hall–Kier alpha value is -1.50. The van der Waals surface area contributed by atoms with Gasteiger partial charge in [0.05, 0.1) is 14.5 Å². The Balaban J connectivity index is 2.28. The van der Waals surface area contributed by atoms with Crippen molar-refractivity contribution in [2.24, 2.45) is 5.16 Å². The molecule has 0 radical (unpaired) electrons. The molecule has 0 saturated carbocycles. The number of furan rings is 1. The van der Waals surface area contributed by atoms with Crippen molar-refractivity contribution < 1.29 is 14.7 Å². The van der Waals surface area contributed by atoms with Crippen LogP contribution in [0.2, 0.25) is 5.02 Å². The number of fused-ring (bicyclic) bond motifs is 1. The smallest absolute Gasteiger partial charge is 0.143 e. The number of aromatic hydroxyl groups is 1. The van der Waals surface area contributed by atoms with Gasteiger partial charge in [0.15, 0.2) is 0 Å². The molecule has 7 heteroatoms. The van der Waals surface area contributed by atoms with E-state index in [4.69, 9.17) is 16.0 Å². The van der Waals surface area contributed by atoms with E-state index in [0.717, 1.165) is 5.39 Å². The zero-order chi connectivity index (χ0) is 17.4. The van der Waals surface area contributed by atoms with Crippen LogP contribution in [0.4, 0.5) is 0 Å². The molecule has 24 heavy (non-hydrogen) atoms. The minimum Gasteiger partial charge on any atom is -0.506 e. The number of hydrogen-bond donors (Lipinski definition) is 2. The molecule has 0 unspecified atom stereocenters. The number of phenolic OH excluding ortho intramolecular Hbond substituents is 1. The van der Waals surface area contributed by atoms with E-state index in [-0.39, 0.29) is 5.75 Å². The number of phenols is 1. The molecule has 4 nitrogen and oxygen atoms in total. The summed E-state index contributed by atoms with van der Waals surface area (Å²) in [6.07, 6.45) is 0.626. The quantitative estimate of drug-likeness (QED) is 0.274. The highest BCUT2D eigenvalue weighted by atomic mass is 79.9. The molecule has 2 aromatic carbocycles. The number of aryl methyl sites for hydroxylation is 1. The molecular formula is C17H12Br2ClNO3. The van der Waals surface area contributed by atoms with Gasteiger partial charge in [0.2, 0.25) is 0 Å². The Morgan fingerprint density at radius 1 is 1.21 bits per heavy atom. The molecule has 0 saturated heterocycles. The molecule has 3 aromatic rings. The van der Waals surface area contributed by atoms with Crippen molar-refractivity contribution in [3.05, 3.63) is 61.2 Å². The zero-order valence-electron chi connectivity index (χ0n) is 12.5. The van der Waals surface area contributed by atoms with Crippen LogP contribution in [0.3, 0.4) is 0 Å². The lowest BCUT2D eigenvalue weighted by Gasteiger charge is -2.08. The highest BCUT2D eigenvalue weighted by Crippen LogP contribution is 2.36. The molecule has 0 bridgehead atoms. The van der Waals surface area contributed by atoms with Gasteiger partial charge in [-0.25, -0.2) is 0 Å². The first-order chi connectivity index (χ1) is 11.5. The van der Waals surface area contributed by atoms with Gasteiger partial charge in [-0.2, -0.15) is 0 Å². The molecule has 0 amide bonds. The predicted octanol–water partition coefficient (Wildman–Crippen LogP) is 6.11. The number of rotatable bonds is 3. The number of benzene rings is 2. The third-order valence-corrected chi connectivity index (χ3v) is 5.12. The summed E-state index contributed by atoms with van der Waals surface area (Å²) in [5.74, 6) is 0.774. The van der Waals surface area contributed by atoms with Gasteiger partial charge in [-0.15, -0.1) is 0 Å². The maximum absolute atomic E-state index is 9.89. The Labute approximate surface area is 160 Å². The van der Waals surface area contributed by atoms with Crippen molar-refractivity contribution in [2.75, 3.05) is 0 Å². The van der Waals surface area contributed by atoms with Crippen molar-refractivity contribution in [3.8, 4) is 5.75 Å². The minimum absolute atomic E-state index is 0.0792. The predicted molar refractivity (Wildman–Crippen MR) is 102 cm³/mol. The number of nitrogens with zero attached hydrogens (tertiary/aromatic N) is 1. The van der Waals surface area contributed by atoms with E-state index in [2.05, 4.69) is 37.0 Å². The second kappa shape index (κ2) is 6.78. The number of oxime groups is 1. The molecular weight excluding hydrogens is 461 g/mol. The highest BCUT2D eigenvalue weighted by molar-refractivity contribution is 9.11. The molecule has 0 aliphatic heterocycles. The topological polar surface area (TPSA) is 66.0 Å². The van der Waals surface area contributed by atoms with Gasteiger partial charge in [0.1, 0.15) is 22.8 Å². The standard InChI is InChI=1S/C17H12Br2ClNO3/c1-2-13-15(10-4-3-9(20)7-14(10)24-13)16(21-23)8-5-11(18)17(22)12(19)6-8/h3-7,22-23H,2H2,1H3/b21-16+. The summed E-state index contributed by atoms with van der Waals surface area (Å²) in [7, 11) is 0. The minimum atomic E-state index is 0.0792. The van der Waals surface area contributed by atoms with Gasteiger partial charge in [-0.3, -0.25) is 0 Å². The van der Waals surface area contributed by atoms with Crippen LogP contribution < -0.4 is 0 Å². The van der Waals surface area contributed by atoms with E-state index in [9.17, 15) is 10.3 Å². The van der Waals surface area contributed by atoms with Gasteiger partial charge >= 0.3 is 0 Å². The average molecular weight is 474 g/mol. The van der Waals surface area contributed by atoms with Crippen molar-refractivity contribution in [1.82, 2.24) is 0 Å². The molecule has 0 fully saturated rings. The van der Waals surface area contributed by atoms with E-state index >= 15 is 0 Å². The fourth-order valence-electron chi connectivity index (χ4n) is 2.58. The average Bonchev–Trinajstić information content (AvgIpc) is 2.91. The summed E-state index contributed by atoms with van der Waals surface area (Å²) in [5.41, 5.74) is 2.32. The molecule has 2 N–H and O–H groups in total. The van der Waals surface area contributed by atoms with E-state index < -0.39 is 0 Å². The van der Waals surface area contributed by atoms with Gasteiger partial charge < -0.3 is 14.7 Å². The van der Waals surface area contributed by atoms with Crippen LogP contribution in [0, 0.1) is 0 Å². The summed E-state index contributed by atoms with van der Waals surface area (Å²) in [5, 5.41) is 24.4. The summed E-state index contributed by atoms with van der Waals surface area (Å²) in [6.45, 7) is 1.96. The lowest BCUT2D eigenvalue weighted by atomic mass is 9.98. The normalized spacial score (nSPS) is 12.1. The van der Waals surface area contributed by atoms with Crippen molar-refractivity contribution in [2.45, 2.75) is 13.3 Å². The molecule has 1 aromatic heterocycles. The van der Waals surface area contributed by atoms with Crippen LogP contribution in [0.25, 0.3) is 11.0 Å². The van der Waals surface area contributed by atoms with Gasteiger partial charge in [0, 0.05) is 28.5 Å². The van der Waals surface area contributed by atoms with Crippen molar-refractivity contribution >= 4 is 60.1 Å². The van der Waals surface area contributed by atoms with E-state index in [1.165, 1.54) is 0 Å². The van der Waals surface area contributed by atoms with Crippen LogP contribution in [-0.4, -0.2) is 16.0 Å². The molecule has 1 heterocycles. The van der Waals surface area contributed by atoms with E-state index in [1.807, 2.05) is 13.0 Å². The first-order valence-corrected chi connectivity index (χ1v) is 9.04. The Bertz CT molecular complexity index is 943. The van der Waals surface area contributed by atoms with Crippen molar-refractivity contribution in [1.29, 1.82) is 0 Å². The second-order valence-corrected chi connectivity index (χ2v) is 7.28. The van der Waals surface area contributed by atoms with Crippen LogP contribution in [0.1, 0.15) is 23.8 Å². The fraction of sp³-hybridized carbons (Fsp3) is 0.118. The van der Waals surface area contributed by atoms with E-state index in [0.29, 0.717) is 48.6 Å². The van der Waals surface area contributed by atoms with Crippen LogP contribution in [-0.2, 0) is 6.42 Å². The maximum Gasteiger partial charge on any atom is 0.143 e. The summed E-state index contributed by atoms with van der Waals surface area (Å²) in [6, 6.07) is 8.70. The Kier molecular flexibility index (Phi) is 4.90. The largest absolute Gasteiger partial charge is 0.506 e. The summed E-state index contributed by atoms with van der Waals surface area (Å²) >= 11 is 12.6. The molecule has 0 aliphatic rings. The molecule has 124 valence electrons. The molecule has 0 aliphatic carbocycles. The van der Waals surface area contributed by atoms with Crippen LogP contribution in [0.15, 0.2) is 48.9 Å². The molecule has 3 rings (SSSR count). The Morgan fingerprint density at radius 2 is 1.88 bits per heavy atom. The number of hydrogen-bond acceptors (Lipinski definition) is 4. The van der Waals surface area contributed by atoms with Gasteiger partial charge in [0.25, 0.3) is 0 Å². The van der Waals surface area contributed by atoms with Gasteiger partial charge in [-0.1, -0.05) is 23.7 Å². The highest BCUT2D eigenvalue weighted by Gasteiger charge is 2.22.